The van der Waals surface area contributed by atoms with Crippen molar-refractivity contribution in [3.63, 3.8) is 0 Å². The monoisotopic (exact) mass is 1450 g/mol. The SMILES string of the molecule is O=C(O)C(F)(F)F.O=C(O)C(F)(F)F.O=C(O)CN1CCN(CC(=O)O)CCN(CC(=O)N[C@H](CCCNS(=O)(=O)c2ccc(-c3ccc(S(=O)(=O)N[C@@H](CNC(=O)c4ccc5c(cnn5CCCNc5ncc[nH]5)c4)C(=O)O)cc3)cc2)CS(=O)(=O)O)CCN(CC(=O)O)CC1. The number of hydrogen-bond acceptors (Lipinski definition) is 21. The van der Waals surface area contributed by atoms with Crippen molar-refractivity contribution in [3.8, 4) is 11.1 Å². The van der Waals surface area contributed by atoms with Crippen LogP contribution in [0.1, 0.15) is 29.6 Å². The molecule has 1 aliphatic rings. The molecule has 0 bridgehead atoms. The van der Waals surface area contributed by atoms with Crippen LogP contribution >= 0.6 is 0 Å². The van der Waals surface area contributed by atoms with Crippen molar-refractivity contribution >= 4 is 94.6 Å². The minimum atomic E-state index is -5.08. The second-order valence-electron chi connectivity index (χ2n) is 21.1. The first-order valence-corrected chi connectivity index (χ1v) is 33.1. The van der Waals surface area contributed by atoms with Crippen molar-refractivity contribution in [3.05, 3.63) is 90.9 Å². The Kier molecular flexibility index (Phi) is 30.7. The number of rotatable bonds is 30. The maximum absolute atomic E-state index is 13.4. The van der Waals surface area contributed by atoms with Gasteiger partial charge in [-0.1, -0.05) is 24.3 Å². The number of aromatic nitrogens is 4. The molecule has 0 radical (unpaired) electrons. The summed E-state index contributed by atoms with van der Waals surface area (Å²) >= 11 is 0. The Morgan fingerprint density at radius 2 is 1.07 bits per heavy atom. The summed E-state index contributed by atoms with van der Waals surface area (Å²) < 4.78 is 157. The van der Waals surface area contributed by atoms with Crippen molar-refractivity contribution in [1.82, 2.24) is 59.4 Å². The van der Waals surface area contributed by atoms with E-state index >= 15 is 0 Å². The number of aliphatic carboxylic acids is 6. The highest BCUT2D eigenvalue weighted by Gasteiger charge is 2.39. The number of carbonyl (C=O) groups is 8. The highest BCUT2D eigenvalue weighted by Crippen LogP contribution is 2.24. The normalized spacial score (nSPS) is 15.0. The quantitative estimate of drug-likeness (QED) is 0.0167. The molecule has 1 aliphatic heterocycles. The van der Waals surface area contributed by atoms with Crippen LogP contribution in [0.3, 0.4) is 0 Å². The van der Waals surface area contributed by atoms with E-state index in [1.165, 1.54) is 48.5 Å². The fourth-order valence-corrected chi connectivity index (χ4v) is 12.0. The van der Waals surface area contributed by atoms with E-state index in [1.54, 1.807) is 61.1 Å². The number of carboxylic acids is 6. The number of hydrogen-bond donors (Lipinski definition) is 13. The summed E-state index contributed by atoms with van der Waals surface area (Å²) in [5.41, 5.74) is 1.92. The zero-order chi connectivity index (χ0) is 72.5. The van der Waals surface area contributed by atoms with Gasteiger partial charge in [0.1, 0.15) is 6.04 Å². The van der Waals surface area contributed by atoms with E-state index in [0.717, 1.165) is 11.9 Å². The first-order valence-electron chi connectivity index (χ1n) is 28.5. The van der Waals surface area contributed by atoms with Gasteiger partial charge in [0.25, 0.3) is 16.0 Å². The van der Waals surface area contributed by atoms with Gasteiger partial charge in [-0.3, -0.25) is 57.6 Å². The molecule has 0 unspecified atom stereocenters. The predicted octanol–water partition coefficient (Wildman–Crippen LogP) is 0.263. The molecule has 6 rings (SSSR count). The maximum Gasteiger partial charge on any atom is 0.490 e. The van der Waals surface area contributed by atoms with Crippen LogP contribution in [0.4, 0.5) is 32.3 Å². The third kappa shape index (κ3) is 29.5. The fraction of sp³-hybridized carbons (Fsp3) is 0.444. The third-order valence-corrected chi connectivity index (χ3v) is 17.4. The van der Waals surface area contributed by atoms with Crippen LogP contribution < -0.4 is 25.4 Å². The number of alkyl halides is 6. The predicted molar refractivity (Wildman–Crippen MR) is 326 cm³/mol. The minimum Gasteiger partial charge on any atom is -0.480 e. The Balaban J connectivity index is 0.00000128. The molecule has 3 heterocycles. The topological polar surface area (TPSA) is 500 Å². The van der Waals surface area contributed by atoms with Crippen LogP contribution in [0, 0.1) is 0 Å². The smallest absolute Gasteiger partial charge is 0.480 e. The summed E-state index contributed by atoms with van der Waals surface area (Å²) in [6.07, 6.45) is -4.63. The fourth-order valence-electron chi connectivity index (χ4n) is 8.94. The van der Waals surface area contributed by atoms with Gasteiger partial charge in [-0.15, -0.1) is 0 Å². The maximum atomic E-state index is 13.4. The molecule has 1 fully saturated rings. The second-order valence-corrected chi connectivity index (χ2v) is 26.1. The van der Waals surface area contributed by atoms with Crippen LogP contribution in [0.2, 0.25) is 0 Å². The molecule has 0 saturated carbocycles. The van der Waals surface area contributed by atoms with Gasteiger partial charge in [-0.2, -0.15) is 44.6 Å². The second kappa shape index (κ2) is 37.0. The van der Waals surface area contributed by atoms with E-state index in [1.807, 2.05) is 0 Å². The zero-order valence-electron chi connectivity index (χ0n) is 50.8. The van der Waals surface area contributed by atoms with Crippen LogP contribution in [0.15, 0.2) is 95.1 Å². The molecule has 2 amide bonds. The summed E-state index contributed by atoms with van der Waals surface area (Å²) in [5, 5.41) is 65.8. The average molecular weight is 1450 g/mol. The highest BCUT2D eigenvalue weighted by atomic mass is 32.2. The van der Waals surface area contributed by atoms with Crippen LogP contribution in [-0.4, -0.2) is 276 Å². The van der Waals surface area contributed by atoms with E-state index in [9.17, 15) is 105 Å². The summed E-state index contributed by atoms with van der Waals surface area (Å²) in [6.45, 7) is -0.0562. The number of nitrogens with zero attached hydrogens (tertiary/aromatic N) is 7. The van der Waals surface area contributed by atoms with E-state index < -0.39 is 128 Å². The number of halogens is 6. The molecule has 97 heavy (non-hydrogen) atoms. The number of imidazole rings is 1. The Morgan fingerprint density at radius 1 is 0.608 bits per heavy atom. The van der Waals surface area contributed by atoms with E-state index in [0.29, 0.717) is 35.6 Å². The summed E-state index contributed by atoms with van der Waals surface area (Å²) in [7, 11) is -13.3. The van der Waals surface area contributed by atoms with Gasteiger partial charge < -0.3 is 51.6 Å². The highest BCUT2D eigenvalue weighted by molar-refractivity contribution is 7.89. The molecule has 34 nitrogen and oxygen atoms in total. The zero-order valence-corrected chi connectivity index (χ0v) is 53.3. The number of carbonyl (C=O) groups excluding carboxylic acids is 2. The van der Waals surface area contributed by atoms with E-state index in [-0.39, 0.29) is 100 Å². The molecular weight excluding hydrogens is 1380 g/mol. The molecule has 3 aromatic carbocycles. The standard InChI is InChI=1S/C50H67N13O17S3.2C2HF3O2/c64-44(30-59-19-21-60(31-45(65)66)23-25-62(33-47(69)70)26-24-61(22-20-59)32-46(67)68)57-39(34-81(74,75)76)3-1-15-56-82(77,78)40-9-4-35(5-10-40)36-6-11-41(12-7-36)83(79,80)58-42(49(72)73)29-54-48(71)37-8-13-43-38(27-37)28-55-63(43)18-2-14-51-50-52-16-17-53-50;2*3-2(4,5)1(6)7/h4-13,16-17,27-28,39,42,56,58H,1-3,14-15,18-26,29-34H2,(H,54,71)(H,57,64)(H,65,66)(H,67,68)(H,69,70)(H,72,73)(H2,51,52,53)(H,74,75,76);2*(H,6,7)/t39-,42+;;/m1../s1. The summed E-state index contributed by atoms with van der Waals surface area (Å²) in [5.74, 6) is -12.0. The molecule has 1 saturated heterocycles. The molecule has 0 aliphatic carbocycles. The first-order chi connectivity index (χ1) is 45.2. The number of aryl methyl sites for hydroxylation is 1. The third-order valence-electron chi connectivity index (χ3n) is 13.6. The molecule has 2 aromatic heterocycles. The molecule has 13 N–H and O–H groups in total. The molecule has 536 valence electrons. The average Bonchev–Trinajstić information content (AvgIpc) is 1.62. The Hall–Kier alpha value is -8.95. The molecule has 0 spiro atoms. The van der Waals surface area contributed by atoms with Crippen LogP contribution in [0.25, 0.3) is 22.0 Å². The lowest BCUT2D eigenvalue weighted by molar-refractivity contribution is -0.193. The van der Waals surface area contributed by atoms with Crippen molar-refractivity contribution < 1.29 is 125 Å². The lowest BCUT2D eigenvalue weighted by Gasteiger charge is -2.33. The van der Waals surface area contributed by atoms with Crippen molar-refractivity contribution in [1.29, 1.82) is 0 Å². The number of aromatic amines is 1. The summed E-state index contributed by atoms with van der Waals surface area (Å²) in [6, 6.07) is 12.7. The van der Waals surface area contributed by atoms with Gasteiger partial charge in [0.2, 0.25) is 26.0 Å². The van der Waals surface area contributed by atoms with Crippen molar-refractivity contribution in [2.24, 2.45) is 0 Å². The van der Waals surface area contributed by atoms with Gasteiger partial charge in [-0.05, 0) is 72.9 Å². The number of carboxylic acid groups (broad SMARTS) is 6. The number of amides is 2. The Bertz CT molecular complexity index is 3780. The van der Waals surface area contributed by atoms with Gasteiger partial charge in [0, 0.05) is 108 Å². The summed E-state index contributed by atoms with van der Waals surface area (Å²) in [4.78, 5) is 104. The lowest BCUT2D eigenvalue weighted by Crippen LogP contribution is -2.51. The number of benzene rings is 3. The van der Waals surface area contributed by atoms with Crippen LogP contribution in [-0.2, 0) is 70.3 Å². The molecule has 43 heteroatoms. The van der Waals surface area contributed by atoms with Gasteiger partial charge in [0.15, 0.2) is 5.95 Å². The molecule has 2 atom stereocenters. The Morgan fingerprint density at radius 3 is 1.49 bits per heavy atom. The number of sulfonamides is 2. The van der Waals surface area contributed by atoms with E-state index in [2.05, 4.69) is 40.5 Å². The lowest BCUT2D eigenvalue weighted by atomic mass is 10.1. The van der Waals surface area contributed by atoms with Crippen LogP contribution in [0.5, 0.6) is 0 Å². The molecular formula is C54H69F6N13O21S3. The van der Waals surface area contributed by atoms with Crippen molar-refractivity contribution in [2.75, 3.05) is 109 Å². The molecule has 5 aromatic rings. The van der Waals surface area contributed by atoms with Crippen molar-refractivity contribution in [2.45, 2.75) is 60.0 Å². The Labute approximate surface area is 548 Å². The van der Waals surface area contributed by atoms with Gasteiger partial charge in [0.05, 0.1) is 53.4 Å². The van der Waals surface area contributed by atoms with Gasteiger partial charge >= 0.3 is 48.2 Å². The van der Waals surface area contributed by atoms with E-state index in [4.69, 9.17) is 19.8 Å². The number of H-pyrrole nitrogens is 1. The number of anilines is 1. The number of nitrogens with one attached hydrogen (secondary N) is 6. The number of fused-ring (bicyclic) bond motifs is 1. The first kappa shape index (κ1) is 80.5. The largest absolute Gasteiger partial charge is 0.490 e. The minimum absolute atomic E-state index is 0.0147. The van der Waals surface area contributed by atoms with Gasteiger partial charge in [-0.25, -0.2) is 36.1 Å².